The number of rotatable bonds is 2. The molecule has 0 aromatic heterocycles. The first-order valence-corrected chi connectivity index (χ1v) is 7.51. The van der Waals surface area contributed by atoms with E-state index in [1.807, 2.05) is 12.1 Å². The third-order valence-electron chi connectivity index (χ3n) is 2.72. The Labute approximate surface area is 106 Å². The zero-order chi connectivity index (χ0) is 12.5. The van der Waals surface area contributed by atoms with Crippen molar-refractivity contribution in [1.82, 2.24) is 4.31 Å². The lowest BCUT2D eigenvalue weighted by Crippen LogP contribution is -2.41. The van der Waals surface area contributed by atoms with Gasteiger partial charge in [-0.3, -0.25) is 0 Å². The van der Waals surface area contributed by atoms with Gasteiger partial charge in [0.2, 0.25) is 10.0 Å². The molecule has 1 fully saturated rings. The second kappa shape index (κ2) is 4.94. The molecule has 0 amide bonds. The highest BCUT2D eigenvalue weighted by Crippen LogP contribution is 2.25. The Morgan fingerprint density at radius 2 is 2.24 bits per heavy atom. The fourth-order valence-electron chi connectivity index (χ4n) is 1.84. The molecule has 4 nitrogen and oxygen atoms in total. The summed E-state index contributed by atoms with van der Waals surface area (Å²) >= 11 is 5.90. The lowest BCUT2D eigenvalue weighted by molar-refractivity contribution is -0.00233. The highest BCUT2D eigenvalue weighted by Gasteiger charge is 2.27. The number of sulfonamides is 1. The molecule has 1 aromatic carbocycles. The molecule has 0 aliphatic carbocycles. The molecule has 0 spiro atoms. The van der Waals surface area contributed by atoms with Crippen LogP contribution in [0.1, 0.15) is 11.7 Å². The molecule has 1 aliphatic rings. The molecule has 0 saturated carbocycles. The predicted molar refractivity (Wildman–Crippen MR) is 66.6 cm³/mol. The minimum atomic E-state index is -3.16. The van der Waals surface area contributed by atoms with Crippen molar-refractivity contribution >= 4 is 21.6 Å². The molecule has 1 heterocycles. The maximum atomic E-state index is 11.5. The average molecular weight is 276 g/mol. The van der Waals surface area contributed by atoms with Gasteiger partial charge in [-0.15, -0.1) is 0 Å². The van der Waals surface area contributed by atoms with Crippen molar-refractivity contribution in [3.8, 4) is 0 Å². The van der Waals surface area contributed by atoms with Crippen LogP contribution in [0.5, 0.6) is 0 Å². The number of ether oxygens (including phenoxy) is 1. The second-order valence-corrected chi connectivity index (χ2v) is 6.45. The number of hydrogen-bond donors (Lipinski definition) is 0. The van der Waals surface area contributed by atoms with Gasteiger partial charge in [0.1, 0.15) is 0 Å². The fraction of sp³-hybridized carbons (Fsp3) is 0.455. The van der Waals surface area contributed by atoms with E-state index < -0.39 is 10.0 Å². The predicted octanol–water partition coefficient (Wildman–Crippen LogP) is 1.67. The van der Waals surface area contributed by atoms with Crippen LogP contribution in [0, 0.1) is 0 Å². The highest BCUT2D eigenvalue weighted by molar-refractivity contribution is 7.88. The first-order chi connectivity index (χ1) is 7.97. The van der Waals surface area contributed by atoms with Crippen LogP contribution in [-0.4, -0.2) is 38.7 Å². The van der Waals surface area contributed by atoms with Crippen LogP contribution < -0.4 is 0 Å². The molecule has 1 unspecified atom stereocenters. The molecule has 1 aromatic rings. The van der Waals surface area contributed by atoms with Crippen LogP contribution in [0.25, 0.3) is 0 Å². The van der Waals surface area contributed by atoms with Crippen LogP contribution in [0.2, 0.25) is 5.02 Å². The van der Waals surface area contributed by atoms with Crippen molar-refractivity contribution in [1.29, 1.82) is 0 Å². The summed E-state index contributed by atoms with van der Waals surface area (Å²) in [5.41, 5.74) is 0.908. The summed E-state index contributed by atoms with van der Waals surface area (Å²) < 4.78 is 30.0. The zero-order valence-corrected chi connectivity index (χ0v) is 11.0. The van der Waals surface area contributed by atoms with Crippen LogP contribution in [0.3, 0.4) is 0 Å². The fourth-order valence-corrected chi connectivity index (χ4v) is 2.85. The highest BCUT2D eigenvalue weighted by atomic mass is 35.5. The molecular weight excluding hydrogens is 262 g/mol. The Hall–Kier alpha value is -0.620. The molecule has 1 aliphatic heterocycles. The van der Waals surface area contributed by atoms with Crippen molar-refractivity contribution in [2.24, 2.45) is 0 Å². The number of benzene rings is 1. The van der Waals surface area contributed by atoms with E-state index in [4.69, 9.17) is 16.3 Å². The Balaban J connectivity index is 2.18. The number of hydrogen-bond acceptors (Lipinski definition) is 3. The molecule has 1 saturated heterocycles. The monoisotopic (exact) mass is 275 g/mol. The summed E-state index contributed by atoms with van der Waals surface area (Å²) in [6.07, 6.45) is 0.977. The van der Waals surface area contributed by atoms with Crippen molar-refractivity contribution in [3.05, 3.63) is 34.9 Å². The zero-order valence-electron chi connectivity index (χ0n) is 9.47. The molecular formula is C11H14ClNO3S. The van der Waals surface area contributed by atoms with Gasteiger partial charge in [0.05, 0.1) is 19.0 Å². The number of nitrogens with zero attached hydrogens (tertiary/aromatic N) is 1. The molecule has 1 atom stereocenters. The van der Waals surface area contributed by atoms with Crippen LogP contribution in [0.15, 0.2) is 24.3 Å². The van der Waals surface area contributed by atoms with Crippen molar-refractivity contribution in [2.45, 2.75) is 6.10 Å². The summed E-state index contributed by atoms with van der Waals surface area (Å²) in [6, 6.07) is 7.31. The first kappa shape index (κ1) is 12.8. The largest absolute Gasteiger partial charge is 0.371 e. The van der Waals surface area contributed by atoms with Gasteiger partial charge in [-0.1, -0.05) is 23.7 Å². The number of morpholine rings is 1. The Kier molecular flexibility index (Phi) is 3.73. The minimum absolute atomic E-state index is 0.239. The van der Waals surface area contributed by atoms with E-state index in [2.05, 4.69) is 0 Å². The summed E-state index contributed by atoms with van der Waals surface area (Å²) in [5.74, 6) is 0. The molecule has 17 heavy (non-hydrogen) atoms. The van der Waals surface area contributed by atoms with E-state index in [1.165, 1.54) is 10.6 Å². The standard InChI is InChI=1S/C11H14ClNO3S/c1-17(14,15)13-5-6-16-11(8-13)9-3-2-4-10(12)7-9/h2-4,7,11H,5-6,8H2,1H3. The third kappa shape index (κ3) is 3.19. The molecule has 2 rings (SSSR count). The van der Waals surface area contributed by atoms with Gasteiger partial charge in [-0.2, -0.15) is 4.31 Å². The molecule has 0 N–H and O–H groups in total. The normalized spacial score (nSPS) is 22.6. The summed E-state index contributed by atoms with van der Waals surface area (Å²) in [4.78, 5) is 0. The van der Waals surface area contributed by atoms with Crippen molar-refractivity contribution in [3.63, 3.8) is 0 Å². The molecule has 0 radical (unpaired) electrons. The third-order valence-corrected chi connectivity index (χ3v) is 4.22. The Morgan fingerprint density at radius 1 is 1.47 bits per heavy atom. The first-order valence-electron chi connectivity index (χ1n) is 5.29. The van der Waals surface area contributed by atoms with E-state index in [1.54, 1.807) is 12.1 Å². The summed E-state index contributed by atoms with van der Waals surface area (Å²) in [7, 11) is -3.16. The van der Waals surface area contributed by atoms with E-state index in [0.29, 0.717) is 24.7 Å². The molecule has 6 heteroatoms. The van der Waals surface area contributed by atoms with Gasteiger partial charge >= 0.3 is 0 Å². The average Bonchev–Trinajstić information content (AvgIpc) is 2.28. The maximum absolute atomic E-state index is 11.5. The van der Waals surface area contributed by atoms with Crippen molar-refractivity contribution < 1.29 is 13.2 Å². The lowest BCUT2D eigenvalue weighted by Gasteiger charge is -2.31. The van der Waals surface area contributed by atoms with Crippen LogP contribution in [-0.2, 0) is 14.8 Å². The van der Waals surface area contributed by atoms with Gasteiger partial charge in [-0.25, -0.2) is 8.42 Å². The van der Waals surface area contributed by atoms with Crippen LogP contribution >= 0.6 is 11.6 Å². The van der Waals surface area contributed by atoms with Crippen LogP contribution in [0.4, 0.5) is 0 Å². The van der Waals surface area contributed by atoms with Gasteiger partial charge in [-0.05, 0) is 17.7 Å². The summed E-state index contributed by atoms with van der Waals surface area (Å²) in [6.45, 7) is 1.17. The smallest absolute Gasteiger partial charge is 0.211 e. The Bertz CT molecular complexity index is 503. The molecule has 0 bridgehead atoms. The van der Waals surface area contributed by atoms with E-state index in [-0.39, 0.29) is 6.10 Å². The van der Waals surface area contributed by atoms with Gasteiger partial charge < -0.3 is 4.74 Å². The number of halogens is 1. The second-order valence-electron chi connectivity index (χ2n) is 4.04. The van der Waals surface area contributed by atoms with Crippen molar-refractivity contribution in [2.75, 3.05) is 26.0 Å². The molecule has 94 valence electrons. The SMILES string of the molecule is CS(=O)(=O)N1CCOC(c2cccc(Cl)c2)C1. The Morgan fingerprint density at radius 3 is 2.88 bits per heavy atom. The summed E-state index contributed by atoms with van der Waals surface area (Å²) in [5, 5.41) is 0.627. The van der Waals surface area contributed by atoms with E-state index in [0.717, 1.165) is 5.56 Å². The minimum Gasteiger partial charge on any atom is -0.371 e. The lowest BCUT2D eigenvalue weighted by atomic mass is 10.1. The maximum Gasteiger partial charge on any atom is 0.211 e. The van der Waals surface area contributed by atoms with Gasteiger partial charge in [0, 0.05) is 18.1 Å². The van der Waals surface area contributed by atoms with E-state index >= 15 is 0 Å². The van der Waals surface area contributed by atoms with Gasteiger partial charge in [0.25, 0.3) is 0 Å². The topological polar surface area (TPSA) is 46.6 Å². The van der Waals surface area contributed by atoms with E-state index in [9.17, 15) is 8.42 Å². The van der Waals surface area contributed by atoms with Gasteiger partial charge in [0.15, 0.2) is 0 Å². The quantitative estimate of drug-likeness (QED) is 0.825.